The van der Waals surface area contributed by atoms with E-state index in [2.05, 4.69) is 37.8 Å². The fourth-order valence-electron chi connectivity index (χ4n) is 4.87. The number of hydrogen-bond donors (Lipinski definition) is 2. The number of carbonyl (C=O) groups excluding carboxylic acids is 1. The molecular formula is C30H27N9O2. The minimum atomic E-state index is -0.503. The number of aryl methyl sites for hydroxylation is 2. The zero-order valence-electron chi connectivity index (χ0n) is 22.3. The molecule has 0 saturated carbocycles. The maximum absolute atomic E-state index is 10.6. The van der Waals surface area contributed by atoms with Gasteiger partial charge in [0.15, 0.2) is 17.3 Å². The molecule has 0 atom stereocenters. The molecule has 41 heavy (non-hydrogen) atoms. The number of fused-ring (bicyclic) bond motifs is 2. The van der Waals surface area contributed by atoms with Crippen LogP contribution in [0.25, 0.3) is 34.1 Å². The van der Waals surface area contributed by atoms with Crippen LogP contribution in [0.4, 0.5) is 5.82 Å². The number of nitrogens with zero attached hydrogens (tertiary/aromatic N) is 7. The third-order valence-electron chi connectivity index (χ3n) is 6.88. The second kappa shape index (κ2) is 10.9. The highest BCUT2D eigenvalue weighted by atomic mass is 16.5. The lowest BCUT2D eigenvalue weighted by Crippen LogP contribution is -2.11. The number of rotatable bonds is 5. The number of aromatic nitrogens is 7. The van der Waals surface area contributed by atoms with Crippen molar-refractivity contribution in [2.45, 2.75) is 19.3 Å². The van der Waals surface area contributed by atoms with Crippen molar-refractivity contribution in [1.29, 1.82) is 0 Å². The quantitative estimate of drug-likeness (QED) is 0.330. The highest BCUT2D eigenvalue weighted by molar-refractivity contribution is 5.92. The van der Waals surface area contributed by atoms with Crippen molar-refractivity contribution < 1.29 is 9.53 Å². The lowest BCUT2D eigenvalue weighted by atomic mass is 10.1. The summed E-state index contributed by atoms with van der Waals surface area (Å²) >= 11 is 0. The van der Waals surface area contributed by atoms with Gasteiger partial charge < -0.3 is 16.2 Å². The van der Waals surface area contributed by atoms with Crippen LogP contribution in [-0.4, -0.2) is 47.3 Å². The molecule has 5 aromatic heterocycles. The van der Waals surface area contributed by atoms with Gasteiger partial charge >= 0.3 is 0 Å². The Morgan fingerprint density at radius 2 is 1.85 bits per heavy atom. The standard InChI is InChI=1S/C23H19N7.C7H8N2O2/c24-21-18(6-2-11-25-21)22-27-19-9-10-20(29-13-3-12-26-29)28-23(19)30(22)17-8-7-15-4-1-5-16(15)14-17;1-11-6-2-5(7(8)10)3-9-4-6/h2-3,6-14H,1,4-5H2,(H2,24,25);2-4H,1H3,(H2,8,10). The molecule has 7 rings (SSSR count). The van der Waals surface area contributed by atoms with Crippen molar-refractivity contribution in [3.05, 3.63) is 102 Å². The van der Waals surface area contributed by atoms with E-state index in [1.807, 2.05) is 36.5 Å². The van der Waals surface area contributed by atoms with Crippen molar-refractivity contribution in [1.82, 2.24) is 34.3 Å². The zero-order valence-corrected chi connectivity index (χ0v) is 22.3. The number of imidazole rings is 1. The van der Waals surface area contributed by atoms with Crippen LogP contribution in [0.5, 0.6) is 5.75 Å². The normalized spacial score (nSPS) is 12.0. The van der Waals surface area contributed by atoms with Crippen LogP contribution in [-0.2, 0) is 12.8 Å². The molecule has 0 saturated heterocycles. The molecule has 11 heteroatoms. The van der Waals surface area contributed by atoms with E-state index >= 15 is 0 Å². The van der Waals surface area contributed by atoms with Crippen LogP contribution in [0.2, 0.25) is 0 Å². The van der Waals surface area contributed by atoms with Gasteiger partial charge in [-0.15, -0.1) is 0 Å². The van der Waals surface area contributed by atoms with Gasteiger partial charge in [-0.2, -0.15) is 5.10 Å². The molecular weight excluding hydrogens is 518 g/mol. The number of anilines is 1. The predicted molar refractivity (Wildman–Crippen MR) is 155 cm³/mol. The summed E-state index contributed by atoms with van der Waals surface area (Å²) in [5, 5.41) is 4.32. The Morgan fingerprint density at radius 1 is 0.976 bits per heavy atom. The van der Waals surface area contributed by atoms with Crippen molar-refractivity contribution in [2.24, 2.45) is 5.73 Å². The zero-order chi connectivity index (χ0) is 28.3. The summed E-state index contributed by atoms with van der Waals surface area (Å²) in [7, 11) is 1.50. The van der Waals surface area contributed by atoms with E-state index in [1.54, 1.807) is 17.1 Å². The van der Waals surface area contributed by atoms with E-state index in [0.29, 0.717) is 17.1 Å². The number of nitrogens with two attached hydrogens (primary N) is 2. The van der Waals surface area contributed by atoms with Crippen LogP contribution in [0.3, 0.4) is 0 Å². The molecule has 5 heterocycles. The Labute approximate surface area is 235 Å². The van der Waals surface area contributed by atoms with Gasteiger partial charge in [0.05, 0.1) is 24.4 Å². The summed E-state index contributed by atoms with van der Waals surface area (Å²) in [6.07, 6.45) is 11.7. The van der Waals surface area contributed by atoms with Gasteiger partial charge in [0.2, 0.25) is 5.91 Å². The van der Waals surface area contributed by atoms with Crippen molar-refractivity contribution >= 4 is 22.9 Å². The van der Waals surface area contributed by atoms with Crippen molar-refractivity contribution in [3.8, 4) is 28.6 Å². The Balaban J connectivity index is 0.000000233. The van der Waals surface area contributed by atoms with Crippen LogP contribution in [0.1, 0.15) is 27.9 Å². The smallest absolute Gasteiger partial charge is 0.250 e. The minimum Gasteiger partial charge on any atom is -0.495 e. The van der Waals surface area contributed by atoms with Crippen LogP contribution in [0.15, 0.2) is 85.6 Å². The van der Waals surface area contributed by atoms with Crippen LogP contribution in [0, 0.1) is 0 Å². The fraction of sp³-hybridized carbons (Fsp3) is 0.133. The molecule has 4 N–H and O–H groups in total. The van der Waals surface area contributed by atoms with Gasteiger partial charge in [0.25, 0.3) is 0 Å². The number of pyridine rings is 3. The lowest BCUT2D eigenvalue weighted by molar-refractivity contribution is 0.0999. The van der Waals surface area contributed by atoms with E-state index in [1.165, 1.54) is 43.1 Å². The maximum Gasteiger partial charge on any atom is 0.250 e. The molecule has 0 radical (unpaired) electrons. The van der Waals surface area contributed by atoms with E-state index in [4.69, 9.17) is 26.2 Å². The van der Waals surface area contributed by atoms with E-state index in [9.17, 15) is 4.79 Å². The summed E-state index contributed by atoms with van der Waals surface area (Å²) < 4.78 is 8.66. The molecule has 1 aromatic carbocycles. The molecule has 1 aliphatic rings. The number of primary amides is 1. The molecule has 1 amide bonds. The summed E-state index contributed by atoms with van der Waals surface area (Å²) in [4.78, 5) is 28.4. The lowest BCUT2D eigenvalue weighted by Gasteiger charge is -2.12. The van der Waals surface area contributed by atoms with Gasteiger partial charge in [-0.25, -0.2) is 19.6 Å². The predicted octanol–water partition coefficient (Wildman–Crippen LogP) is 3.93. The first-order chi connectivity index (χ1) is 20.0. The average Bonchev–Trinajstić information content (AvgIpc) is 3.77. The summed E-state index contributed by atoms with van der Waals surface area (Å²) in [6, 6.07) is 17.7. The highest BCUT2D eigenvalue weighted by Crippen LogP contribution is 2.32. The third kappa shape index (κ3) is 5.08. The van der Waals surface area contributed by atoms with Crippen molar-refractivity contribution in [3.63, 3.8) is 0 Å². The molecule has 0 unspecified atom stereocenters. The molecule has 1 aliphatic carbocycles. The minimum absolute atomic E-state index is 0.351. The topological polar surface area (TPSA) is 153 Å². The fourth-order valence-corrected chi connectivity index (χ4v) is 4.87. The first-order valence-electron chi connectivity index (χ1n) is 13.0. The van der Waals surface area contributed by atoms with Gasteiger partial charge in [0, 0.05) is 30.5 Å². The van der Waals surface area contributed by atoms with Gasteiger partial charge in [-0.1, -0.05) is 6.07 Å². The Morgan fingerprint density at radius 3 is 2.63 bits per heavy atom. The number of ether oxygens (including phenoxy) is 1. The Bertz CT molecular complexity index is 1860. The molecule has 6 aromatic rings. The Kier molecular flexibility index (Phi) is 6.82. The SMILES string of the molecule is COc1cncc(C(N)=O)c1.Nc1ncccc1-c1nc2ccc(-n3cccn3)nc2n1-c1ccc2c(c1)CCC2. The van der Waals surface area contributed by atoms with E-state index in [0.717, 1.165) is 46.9 Å². The number of amides is 1. The third-order valence-corrected chi connectivity index (χ3v) is 6.88. The molecule has 0 spiro atoms. The molecule has 0 bridgehead atoms. The van der Waals surface area contributed by atoms with Crippen molar-refractivity contribution in [2.75, 3.05) is 12.8 Å². The van der Waals surface area contributed by atoms with Crippen LogP contribution < -0.4 is 16.2 Å². The summed E-state index contributed by atoms with van der Waals surface area (Å²) in [5.74, 6) is 1.94. The molecule has 204 valence electrons. The molecule has 11 nitrogen and oxygen atoms in total. The first-order valence-corrected chi connectivity index (χ1v) is 13.0. The number of carbonyl (C=O) groups is 1. The van der Waals surface area contributed by atoms with Gasteiger partial charge in [-0.05, 0) is 78.9 Å². The number of benzene rings is 1. The second-order valence-electron chi connectivity index (χ2n) is 9.45. The molecule has 0 fully saturated rings. The second-order valence-corrected chi connectivity index (χ2v) is 9.45. The van der Waals surface area contributed by atoms with Crippen LogP contribution >= 0.6 is 0 Å². The maximum atomic E-state index is 10.6. The van der Waals surface area contributed by atoms with E-state index in [-0.39, 0.29) is 0 Å². The average molecular weight is 546 g/mol. The summed E-state index contributed by atoms with van der Waals surface area (Å²) in [5.41, 5.74) is 17.8. The largest absolute Gasteiger partial charge is 0.495 e. The monoisotopic (exact) mass is 545 g/mol. The number of nitrogen functional groups attached to an aromatic ring is 1. The first kappa shape index (κ1) is 25.7. The highest BCUT2D eigenvalue weighted by Gasteiger charge is 2.20. The number of hydrogen-bond acceptors (Lipinski definition) is 8. The molecule has 0 aliphatic heterocycles. The van der Waals surface area contributed by atoms with E-state index < -0.39 is 5.91 Å². The van der Waals surface area contributed by atoms with Gasteiger partial charge in [0.1, 0.15) is 17.1 Å². The van der Waals surface area contributed by atoms with Gasteiger partial charge in [-0.3, -0.25) is 14.3 Å². The number of methoxy groups -OCH3 is 1. The Hall–Kier alpha value is -5.58. The summed E-state index contributed by atoms with van der Waals surface area (Å²) in [6.45, 7) is 0.